The number of rotatable bonds is 7. The third-order valence-corrected chi connectivity index (χ3v) is 6.79. The maximum atomic E-state index is 12.8. The van der Waals surface area contributed by atoms with Gasteiger partial charge in [-0.15, -0.1) is 11.6 Å². The molecule has 0 spiro atoms. The molecule has 4 rings (SSSR count). The zero-order valence-corrected chi connectivity index (χ0v) is 18.7. The van der Waals surface area contributed by atoms with Gasteiger partial charge in [0.2, 0.25) is 5.91 Å². The number of nitriles is 1. The van der Waals surface area contributed by atoms with Crippen LogP contribution in [0.4, 0.5) is 5.69 Å². The summed E-state index contributed by atoms with van der Waals surface area (Å²) < 4.78 is 11.3. The second-order valence-electron chi connectivity index (χ2n) is 8.41. The van der Waals surface area contributed by atoms with Crippen molar-refractivity contribution in [3.05, 3.63) is 53.9 Å². The number of hydrogen-bond donors (Lipinski definition) is 2. The molecule has 2 N–H and O–H groups in total. The number of anilines is 1. The van der Waals surface area contributed by atoms with Crippen LogP contribution in [0, 0.1) is 23.2 Å². The molecular formula is C24H27ClN4O3. The number of alkyl halides is 1. The Labute approximate surface area is 193 Å². The summed E-state index contributed by atoms with van der Waals surface area (Å²) in [5.74, 6) is 0.754. The number of ether oxygens (including phenoxy) is 2. The van der Waals surface area contributed by atoms with Crippen LogP contribution < -0.4 is 15.4 Å². The second-order valence-corrected chi connectivity index (χ2v) is 8.97. The number of pyridine rings is 1. The van der Waals surface area contributed by atoms with Gasteiger partial charge < -0.3 is 20.1 Å². The summed E-state index contributed by atoms with van der Waals surface area (Å²) in [4.78, 5) is 16.9. The van der Waals surface area contributed by atoms with Gasteiger partial charge in [0.25, 0.3) is 0 Å². The summed E-state index contributed by atoms with van der Waals surface area (Å²) in [6, 6.07) is 11.4. The Morgan fingerprint density at radius 2 is 2.19 bits per heavy atom. The molecule has 1 aromatic carbocycles. The monoisotopic (exact) mass is 454 g/mol. The molecule has 2 fully saturated rings. The van der Waals surface area contributed by atoms with E-state index in [1.807, 2.05) is 18.2 Å². The van der Waals surface area contributed by atoms with Crippen LogP contribution in [0.3, 0.4) is 0 Å². The number of benzene rings is 1. The van der Waals surface area contributed by atoms with Gasteiger partial charge in [0, 0.05) is 36.7 Å². The quantitative estimate of drug-likeness (QED) is 0.622. The molecule has 0 radical (unpaired) electrons. The van der Waals surface area contributed by atoms with Crippen LogP contribution in [0.15, 0.2) is 42.7 Å². The van der Waals surface area contributed by atoms with Crippen LogP contribution in [0.2, 0.25) is 0 Å². The number of amides is 1. The Morgan fingerprint density at radius 1 is 1.31 bits per heavy atom. The van der Waals surface area contributed by atoms with Gasteiger partial charge in [-0.25, -0.2) is 0 Å². The van der Waals surface area contributed by atoms with Crippen LogP contribution in [-0.2, 0) is 16.1 Å². The molecule has 5 unspecified atom stereocenters. The summed E-state index contributed by atoms with van der Waals surface area (Å²) in [5, 5.41) is 15.5. The van der Waals surface area contributed by atoms with Crippen molar-refractivity contribution in [3.63, 3.8) is 0 Å². The van der Waals surface area contributed by atoms with Gasteiger partial charge >= 0.3 is 0 Å². The molecule has 1 aliphatic carbocycles. The van der Waals surface area contributed by atoms with Gasteiger partial charge in [-0.05, 0) is 48.9 Å². The summed E-state index contributed by atoms with van der Waals surface area (Å²) in [6.07, 6.45) is 5.75. The molecule has 32 heavy (non-hydrogen) atoms. The third-order valence-electron chi connectivity index (χ3n) is 6.33. The highest BCUT2D eigenvalue weighted by molar-refractivity contribution is 6.21. The zero-order chi connectivity index (χ0) is 22.5. The number of nitrogens with zero attached hydrogens (tertiary/aromatic N) is 2. The molecule has 1 saturated heterocycles. The van der Waals surface area contributed by atoms with Crippen molar-refractivity contribution in [2.45, 2.75) is 43.4 Å². The number of piperidine rings is 1. The second kappa shape index (κ2) is 10.2. The Bertz CT molecular complexity index is 981. The predicted molar refractivity (Wildman–Crippen MR) is 121 cm³/mol. The van der Waals surface area contributed by atoms with E-state index in [-0.39, 0.29) is 29.3 Å². The van der Waals surface area contributed by atoms with Crippen molar-refractivity contribution in [3.8, 4) is 11.8 Å². The molecule has 2 heterocycles. The summed E-state index contributed by atoms with van der Waals surface area (Å²) >= 11 is 6.68. The Kier molecular flexibility index (Phi) is 7.13. The van der Waals surface area contributed by atoms with E-state index >= 15 is 0 Å². The molecular weight excluding hydrogens is 428 g/mol. The van der Waals surface area contributed by atoms with Gasteiger partial charge in [-0.1, -0.05) is 6.07 Å². The third kappa shape index (κ3) is 5.14. The van der Waals surface area contributed by atoms with Crippen LogP contribution in [-0.4, -0.2) is 42.1 Å². The van der Waals surface area contributed by atoms with Crippen LogP contribution >= 0.6 is 11.6 Å². The number of halogens is 1. The van der Waals surface area contributed by atoms with E-state index in [4.69, 9.17) is 26.3 Å². The van der Waals surface area contributed by atoms with Crippen molar-refractivity contribution < 1.29 is 14.3 Å². The number of aromatic nitrogens is 1. The highest BCUT2D eigenvalue weighted by Crippen LogP contribution is 2.37. The van der Waals surface area contributed by atoms with E-state index in [1.165, 1.54) is 7.11 Å². The molecule has 1 saturated carbocycles. The lowest BCUT2D eigenvalue weighted by Crippen LogP contribution is -2.56. The molecule has 168 valence electrons. The number of fused-ring (bicyclic) bond motifs is 1. The SMILES string of the molecule is COc1cc(NCC2CC3CC(Cl)C(OCc4cccnc4)CC3NC2=O)ccc1C#N. The summed E-state index contributed by atoms with van der Waals surface area (Å²) in [5.41, 5.74) is 2.31. The Hall–Kier alpha value is -2.82. The van der Waals surface area contributed by atoms with Crippen LogP contribution in [0.25, 0.3) is 0 Å². The number of hydrogen-bond acceptors (Lipinski definition) is 6. The molecule has 1 aliphatic heterocycles. The highest BCUT2D eigenvalue weighted by Gasteiger charge is 2.43. The molecule has 8 heteroatoms. The maximum absolute atomic E-state index is 12.8. The van der Waals surface area contributed by atoms with Crippen molar-refractivity contribution in [2.24, 2.45) is 11.8 Å². The first-order valence-electron chi connectivity index (χ1n) is 10.8. The lowest BCUT2D eigenvalue weighted by Gasteiger charge is -2.44. The average Bonchev–Trinajstić information content (AvgIpc) is 2.82. The first kappa shape index (κ1) is 22.4. The fourth-order valence-corrected chi connectivity index (χ4v) is 4.98. The van der Waals surface area contributed by atoms with Crippen molar-refractivity contribution in [1.29, 1.82) is 5.26 Å². The van der Waals surface area contributed by atoms with Crippen molar-refractivity contribution in [1.82, 2.24) is 10.3 Å². The van der Waals surface area contributed by atoms with Gasteiger partial charge in [-0.2, -0.15) is 5.26 Å². The van der Waals surface area contributed by atoms with E-state index in [0.29, 0.717) is 30.4 Å². The Morgan fingerprint density at radius 3 is 2.94 bits per heavy atom. The van der Waals surface area contributed by atoms with E-state index in [1.54, 1.807) is 24.5 Å². The summed E-state index contributed by atoms with van der Waals surface area (Å²) in [6.45, 7) is 0.978. The molecule has 2 aromatic rings. The number of nitrogens with one attached hydrogen (secondary N) is 2. The molecule has 1 aromatic heterocycles. The molecule has 5 atom stereocenters. The van der Waals surface area contributed by atoms with E-state index in [2.05, 4.69) is 21.7 Å². The lowest BCUT2D eigenvalue weighted by molar-refractivity contribution is -0.130. The van der Waals surface area contributed by atoms with E-state index in [0.717, 1.165) is 30.5 Å². The smallest absolute Gasteiger partial charge is 0.225 e. The molecule has 7 nitrogen and oxygen atoms in total. The number of carbonyl (C=O) groups excluding carboxylic acids is 1. The van der Waals surface area contributed by atoms with Crippen LogP contribution in [0.5, 0.6) is 5.75 Å². The number of carbonyl (C=O) groups is 1. The zero-order valence-electron chi connectivity index (χ0n) is 18.0. The molecule has 1 amide bonds. The fourth-order valence-electron chi connectivity index (χ4n) is 4.58. The standard InChI is InChI=1S/C24H27ClN4O3/c1-31-22-9-19(5-4-16(22)11-26)28-13-18-7-17-8-20(25)23(10-21(17)29-24(18)30)32-14-15-3-2-6-27-12-15/h2-6,9,12,17-18,20-21,23,28H,7-8,10,13-14H2,1H3,(H,29,30). The lowest BCUT2D eigenvalue weighted by atomic mass is 9.74. The molecule has 0 bridgehead atoms. The Balaban J connectivity index is 1.31. The fraction of sp³-hybridized carbons (Fsp3) is 0.458. The topological polar surface area (TPSA) is 96.3 Å². The maximum Gasteiger partial charge on any atom is 0.225 e. The van der Waals surface area contributed by atoms with Crippen molar-refractivity contribution in [2.75, 3.05) is 19.0 Å². The van der Waals surface area contributed by atoms with Crippen molar-refractivity contribution >= 4 is 23.2 Å². The van der Waals surface area contributed by atoms with Gasteiger partial charge in [0.05, 0.1) is 36.7 Å². The highest BCUT2D eigenvalue weighted by atomic mass is 35.5. The molecule has 2 aliphatic rings. The summed E-state index contributed by atoms with van der Waals surface area (Å²) in [7, 11) is 1.54. The predicted octanol–water partition coefficient (Wildman–Crippen LogP) is 3.48. The first-order valence-corrected chi connectivity index (χ1v) is 11.3. The minimum absolute atomic E-state index is 0.0541. The van der Waals surface area contributed by atoms with Gasteiger partial charge in [0.15, 0.2) is 0 Å². The van der Waals surface area contributed by atoms with E-state index < -0.39 is 0 Å². The van der Waals surface area contributed by atoms with Gasteiger partial charge in [-0.3, -0.25) is 9.78 Å². The first-order chi connectivity index (χ1) is 15.6. The minimum Gasteiger partial charge on any atom is -0.495 e. The normalized spacial score (nSPS) is 27.0. The van der Waals surface area contributed by atoms with E-state index in [9.17, 15) is 4.79 Å². The van der Waals surface area contributed by atoms with Crippen LogP contribution in [0.1, 0.15) is 30.4 Å². The van der Waals surface area contributed by atoms with Gasteiger partial charge in [0.1, 0.15) is 11.8 Å². The number of methoxy groups -OCH3 is 1. The largest absolute Gasteiger partial charge is 0.495 e. The minimum atomic E-state index is -0.144. The average molecular weight is 455 g/mol.